The van der Waals surface area contributed by atoms with Crippen molar-refractivity contribution in [3.05, 3.63) is 23.3 Å². The second kappa shape index (κ2) is 5.62. The predicted molar refractivity (Wildman–Crippen MR) is 58.8 cm³/mol. The number of nitrogens with zero attached hydrogens (tertiary/aromatic N) is 2. The molecule has 0 aromatic heterocycles. The Balaban J connectivity index is 2.60. The lowest BCUT2D eigenvalue weighted by atomic mass is 10.1. The van der Waals surface area contributed by atoms with Crippen molar-refractivity contribution in [2.45, 2.75) is 26.7 Å². The van der Waals surface area contributed by atoms with Crippen LogP contribution in [0.15, 0.2) is 23.3 Å². The molecule has 1 fully saturated rings. The lowest BCUT2D eigenvalue weighted by Crippen LogP contribution is -2.22. The van der Waals surface area contributed by atoms with E-state index in [0.717, 1.165) is 17.7 Å². The lowest BCUT2D eigenvalue weighted by molar-refractivity contribution is 0.370. The van der Waals surface area contributed by atoms with Gasteiger partial charge in [-0.05, 0) is 45.4 Å². The minimum absolute atomic E-state index is 0.819. The number of rotatable bonds is 3. The molecule has 1 rings (SSSR count). The molecule has 0 unspecified atom stereocenters. The number of likely N-dealkylation sites (tertiary alicyclic amines) is 1. The van der Waals surface area contributed by atoms with Gasteiger partial charge in [-0.15, -0.1) is 0 Å². The molecule has 0 saturated carbocycles. The van der Waals surface area contributed by atoms with Gasteiger partial charge in [0.25, 0.3) is 0 Å². The highest BCUT2D eigenvalue weighted by atomic mass is 15.1. The van der Waals surface area contributed by atoms with Crippen LogP contribution in [-0.2, 0) is 0 Å². The first-order chi connectivity index (χ1) is 6.81. The fourth-order valence-electron chi connectivity index (χ4n) is 1.84. The van der Waals surface area contributed by atoms with E-state index in [0.29, 0.717) is 0 Å². The summed E-state index contributed by atoms with van der Waals surface area (Å²) in [4.78, 5) is 2.41. The van der Waals surface area contributed by atoms with Gasteiger partial charge in [-0.25, -0.2) is 0 Å². The van der Waals surface area contributed by atoms with Crippen LogP contribution in [0.2, 0.25) is 0 Å². The van der Waals surface area contributed by atoms with Crippen molar-refractivity contribution in [2.75, 3.05) is 19.6 Å². The zero-order valence-electron chi connectivity index (χ0n) is 9.08. The molecule has 1 aliphatic rings. The maximum Gasteiger partial charge on any atom is 0.0991 e. The average Bonchev–Trinajstić information content (AvgIpc) is 2.70. The van der Waals surface area contributed by atoms with Crippen molar-refractivity contribution in [3.63, 3.8) is 0 Å². The summed E-state index contributed by atoms with van der Waals surface area (Å²) in [7, 11) is 0. The monoisotopic (exact) mass is 190 g/mol. The standard InChI is InChI=1S/C12H18N2/c1-3-11(9-13)12(4-2)10-14-7-5-6-8-14/h3-4H,5-8,10H2,1-2H3/b11-3-,12-4-. The summed E-state index contributed by atoms with van der Waals surface area (Å²) in [6.45, 7) is 7.22. The molecular weight excluding hydrogens is 172 g/mol. The van der Waals surface area contributed by atoms with E-state index in [1.165, 1.54) is 25.9 Å². The number of nitriles is 1. The molecule has 0 aliphatic carbocycles. The van der Waals surface area contributed by atoms with Gasteiger partial charge in [0.1, 0.15) is 0 Å². The van der Waals surface area contributed by atoms with Gasteiger partial charge in [-0.1, -0.05) is 12.2 Å². The molecule has 1 heterocycles. The zero-order chi connectivity index (χ0) is 10.4. The van der Waals surface area contributed by atoms with Crippen LogP contribution in [-0.4, -0.2) is 24.5 Å². The number of hydrogen-bond acceptors (Lipinski definition) is 2. The van der Waals surface area contributed by atoms with E-state index in [9.17, 15) is 0 Å². The van der Waals surface area contributed by atoms with E-state index < -0.39 is 0 Å². The van der Waals surface area contributed by atoms with E-state index in [2.05, 4.69) is 17.0 Å². The van der Waals surface area contributed by atoms with Crippen LogP contribution in [0, 0.1) is 11.3 Å². The largest absolute Gasteiger partial charge is 0.299 e. The summed E-state index contributed by atoms with van der Waals surface area (Å²) in [5.74, 6) is 0. The molecule has 0 radical (unpaired) electrons. The third kappa shape index (κ3) is 2.71. The van der Waals surface area contributed by atoms with Gasteiger partial charge < -0.3 is 0 Å². The Kier molecular flexibility index (Phi) is 4.42. The highest BCUT2D eigenvalue weighted by Crippen LogP contribution is 2.15. The number of hydrogen-bond donors (Lipinski definition) is 0. The molecular formula is C12H18N2. The van der Waals surface area contributed by atoms with E-state index in [1.807, 2.05) is 19.9 Å². The fourth-order valence-corrected chi connectivity index (χ4v) is 1.84. The SMILES string of the molecule is C/C=C(C#N)\C(=C/C)CN1CCCC1. The lowest BCUT2D eigenvalue weighted by Gasteiger charge is -2.16. The molecule has 0 atom stereocenters. The van der Waals surface area contributed by atoms with E-state index in [-0.39, 0.29) is 0 Å². The average molecular weight is 190 g/mol. The van der Waals surface area contributed by atoms with Gasteiger partial charge in [0.15, 0.2) is 0 Å². The van der Waals surface area contributed by atoms with Crippen LogP contribution in [0.1, 0.15) is 26.7 Å². The zero-order valence-corrected chi connectivity index (χ0v) is 9.08. The fraction of sp³-hybridized carbons (Fsp3) is 0.583. The molecule has 2 heteroatoms. The van der Waals surface area contributed by atoms with Gasteiger partial charge in [0.2, 0.25) is 0 Å². The van der Waals surface area contributed by atoms with Crippen LogP contribution in [0.25, 0.3) is 0 Å². The molecule has 0 bridgehead atoms. The molecule has 1 saturated heterocycles. The van der Waals surface area contributed by atoms with Crippen molar-refractivity contribution in [3.8, 4) is 6.07 Å². The van der Waals surface area contributed by atoms with E-state index >= 15 is 0 Å². The van der Waals surface area contributed by atoms with Gasteiger partial charge in [0, 0.05) is 6.54 Å². The molecule has 2 nitrogen and oxygen atoms in total. The van der Waals surface area contributed by atoms with Crippen molar-refractivity contribution in [1.82, 2.24) is 4.90 Å². The summed E-state index contributed by atoms with van der Waals surface area (Å²) in [6, 6.07) is 2.24. The molecule has 0 aromatic carbocycles. The first-order valence-corrected chi connectivity index (χ1v) is 5.26. The van der Waals surface area contributed by atoms with Gasteiger partial charge in [0.05, 0.1) is 11.6 Å². The van der Waals surface area contributed by atoms with Crippen LogP contribution in [0.5, 0.6) is 0 Å². The quantitative estimate of drug-likeness (QED) is 0.505. The van der Waals surface area contributed by atoms with Crippen molar-refractivity contribution >= 4 is 0 Å². The van der Waals surface area contributed by atoms with E-state index in [4.69, 9.17) is 5.26 Å². The molecule has 1 aliphatic heterocycles. The first-order valence-electron chi connectivity index (χ1n) is 5.26. The van der Waals surface area contributed by atoms with Gasteiger partial charge >= 0.3 is 0 Å². The highest BCUT2D eigenvalue weighted by molar-refractivity contribution is 5.42. The topological polar surface area (TPSA) is 27.0 Å². The number of allylic oxidation sites excluding steroid dienone is 2. The second-order valence-corrected chi connectivity index (χ2v) is 3.61. The first kappa shape index (κ1) is 11.0. The Labute approximate surface area is 86.5 Å². The van der Waals surface area contributed by atoms with Gasteiger partial charge in [-0.3, -0.25) is 4.90 Å². The minimum atomic E-state index is 0.819. The Morgan fingerprint density at radius 2 is 1.93 bits per heavy atom. The van der Waals surface area contributed by atoms with Gasteiger partial charge in [-0.2, -0.15) is 5.26 Å². The van der Waals surface area contributed by atoms with Crippen LogP contribution in [0.3, 0.4) is 0 Å². The Hall–Kier alpha value is -1.07. The Morgan fingerprint density at radius 3 is 2.36 bits per heavy atom. The van der Waals surface area contributed by atoms with E-state index in [1.54, 1.807) is 0 Å². The van der Waals surface area contributed by atoms with Crippen LogP contribution < -0.4 is 0 Å². The Morgan fingerprint density at radius 1 is 1.29 bits per heavy atom. The Bertz CT molecular complexity index is 275. The third-order valence-electron chi connectivity index (χ3n) is 2.70. The molecule has 0 N–H and O–H groups in total. The van der Waals surface area contributed by atoms with Crippen LogP contribution in [0.4, 0.5) is 0 Å². The maximum absolute atomic E-state index is 8.92. The molecule has 0 aromatic rings. The summed E-state index contributed by atoms with van der Waals surface area (Å²) >= 11 is 0. The van der Waals surface area contributed by atoms with Crippen molar-refractivity contribution in [1.29, 1.82) is 5.26 Å². The summed E-state index contributed by atoms with van der Waals surface area (Å²) < 4.78 is 0. The summed E-state index contributed by atoms with van der Waals surface area (Å²) in [5, 5.41) is 8.92. The highest BCUT2D eigenvalue weighted by Gasteiger charge is 2.14. The van der Waals surface area contributed by atoms with Crippen molar-refractivity contribution < 1.29 is 0 Å². The third-order valence-corrected chi connectivity index (χ3v) is 2.70. The van der Waals surface area contributed by atoms with Crippen LogP contribution >= 0.6 is 0 Å². The van der Waals surface area contributed by atoms with Crippen molar-refractivity contribution in [2.24, 2.45) is 0 Å². The minimum Gasteiger partial charge on any atom is -0.299 e. The molecule has 0 spiro atoms. The predicted octanol–water partition coefficient (Wildman–Crippen LogP) is 2.50. The second-order valence-electron chi connectivity index (χ2n) is 3.61. The smallest absolute Gasteiger partial charge is 0.0991 e. The molecule has 0 amide bonds. The molecule has 14 heavy (non-hydrogen) atoms. The maximum atomic E-state index is 8.92. The summed E-state index contributed by atoms with van der Waals surface area (Å²) in [6.07, 6.45) is 6.55. The molecule has 76 valence electrons. The normalized spacial score (nSPS) is 19.8. The summed E-state index contributed by atoms with van der Waals surface area (Å²) in [5.41, 5.74) is 1.98.